The van der Waals surface area contributed by atoms with E-state index in [4.69, 9.17) is 24.5 Å². The number of hydrogen-bond acceptors (Lipinski definition) is 2. The van der Waals surface area contributed by atoms with Crippen molar-refractivity contribution in [3.63, 3.8) is 0 Å². The monoisotopic (exact) mass is 444 g/mol. The summed E-state index contributed by atoms with van der Waals surface area (Å²) in [6, 6.07) is 0. The maximum atomic E-state index is 6.66. The van der Waals surface area contributed by atoms with Gasteiger partial charge < -0.3 is 24.5 Å². The van der Waals surface area contributed by atoms with Crippen molar-refractivity contribution >= 4 is 52.0 Å². The van der Waals surface area contributed by atoms with E-state index < -0.39 is 12.3 Å². The van der Waals surface area contributed by atoms with Gasteiger partial charge in [0.1, 0.15) is 0 Å². The van der Waals surface area contributed by atoms with Crippen molar-refractivity contribution in [1.82, 2.24) is 0 Å². The molecule has 24 heavy (non-hydrogen) atoms. The van der Waals surface area contributed by atoms with Crippen LogP contribution >= 0.6 is 27.5 Å². The zero-order valence-corrected chi connectivity index (χ0v) is 23.2. The third kappa shape index (κ3) is 4.52. The lowest BCUT2D eigenvalue weighted by atomic mass is 10.3. The molecule has 0 radical (unpaired) electrons. The van der Waals surface area contributed by atoms with Crippen molar-refractivity contribution in [3.8, 4) is 0 Å². The van der Waals surface area contributed by atoms with E-state index in [1.807, 2.05) is 0 Å². The standard InChI is InChI=1S/C18H40P4S2/c1-15(2,3)19-13-22(24,18(10,11)12)20(16(4,5)6)14-21(19,23)17(7,8)9/h13-14H2,1-12H3. The zero-order valence-electron chi connectivity index (χ0n) is 18.0. The first-order chi connectivity index (χ1) is 10.2. The van der Waals surface area contributed by atoms with Gasteiger partial charge in [-0.15, -0.1) is 0 Å². The lowest BCUT2D eigenvalue weighted by Gasteiger charge is -2.65. The van der Waals surface area contributed by atoms with Crippen LogP contribution in [-0.4, -0.2) is 32.4 Å². The van der Waals surface area contributed by atoms with Crippen LogP contribution in [0.15, 0.2) is 0 Å². The molecule has 0 saturated carbocycles. The van der Waals surface area contributed by atoms with Crippen molar-refractivity contribution in [2.24, 2.45) is 0 Å². The van der Waals surface area contributed by atoms with Crippen LogP contribution < -0.4 is 0 Å². The SMILES string of the molecule is CC(C)(C)P1C[P+]([S-])(C(C)(C)C)P(C(C)(C)C)C[P+]1([S-])C(C)(C)C. The van der Waals surface area contributed by atoms with Crippen LogP contribution in [0.4, 0.5) is 0 Å². The molecule has 6 heteroatoms. The summed E-state index contributed by atoms with van der Waals surface area (Å²) in [5.41, 5.74) is 0. The van der Waals surface area contributed by atoms with Crippen LogP contribution in [0, 0.1) is 0 Å². The average molecular weight is 445 g/mol. The van der Waals surface area contributed by atoms with Gasteiger partial charge in [0.15, 0.2) is 0 Å². The zero-order chi connectivity index (χ0) is 19.6. The minimum absolute atomic E-state index is 0.185. The third-order valence-electron chi connectivity index (χ3n) is 5.08. The second kappa shape index (κ2) is 7.03. The largest absolute Gasteiger partial charge is 0.553 e. The molecule has 4 unspecified atom stereocenters. The van der Waals surface area contributed by atoms with Gasteiger partial charge in [-0.1, -0.05) is 53.8 Å². The summed E-state index contributed by atoms with van der Waals surface area (Å²) in [7, 11) is -0.370. The summed E-state index contributed by atoms with van der Waals surface area (Å²) in [6.45, 7) is 29.2. The molecule has 0 nitrogen and oxygen atoms in total. The second-order valence-electron chi connectivity index (χ2n) is 11.2. The van der Waals surface area contributed by atoms with E-state index in [0.29, 0.717) is 10.3 Å². The molecular weight excluding hydrogens is 404 g/mol. The fraction of sp³-hybridized carbons (Fsp3) is 1.00. The van der Waals surface area contributed by atoms with Gasteiger partial charge in [-0.25, -0.2) is 0 Å². The minimum Gasteiger partial charge on any atom is -0.553 e. The first-order valence-electron chi connectivity index (χ1n) is 8.92. The average Bonchev–Trinajstić information content (AvgIpc) is 2.26. The lowest BCUT2D eigenvalue weighted by molar-refractivity contribution is 0.763. The molecule has 1 heterocycles. The van der Waals surface area contributed by atoms with Gasteiger partial charge in [0.2, 0.25) is 0 Å². The number of hydrogen-bond donors (Lipinski definition) is 0. The molecular formula is C18H40P4S2. The highest BCUT2D eigenvalue weighted by atomic mass is 32.9. The molecule has 1 aliphatic heterocycles. The second-order valence-corrected chi connectivity index (χ2v) is 35.6. The van der Waals surface area contributed by atoms with E-state index in [1.54, 1.807) is 0 Å². The van der Waals surface area contributed by atoms with Crippen molar-refractivity contribution in [2.45, 2.75) is 104 Å². The summed E-state index contributed by atoms with van der Waals surface area (Å²) in [5.74, 6) is 2.62. The van der Waals surface area contributed by atoms with Crippen LogP contribution in [0.2, 0.25) is 0 Å². The molecule has 0 amide bonds. The van der Waals surface area contributed by atoms with Crippen LogP contribution in [0.3, 0.4) is 0 Å². The Morgan fingerprint density at radius 2 is 0.750 bits per heavy atom. The van der Waals surface area contributed by atoms with E-state index >= 15 is 0 Å². The Kier molecular flexibility index (Phi) is 7.17. The van der Waals surface area contributed by atoms with Crippen molar-refractivity contribution in [2.75, 3.05) is 11.8 Å². The third-order valence-corrected chi connectivity index (χ3v) is 44.5. The molecule has 0 bridgehead atoms. The van der Waals surface area contributed by atoms with Crippen molar-refractivity contribution in [1.29, 1.82) is 0 Å². The summed E-state index contributed by atoms with van der Waals surface area (Å²) in [4.78, 5) is 0. The normalized spacial score (nSPS) is 36.8. The van der Waals surface area contributed by atoms with Crippen molar-refractivity contribution < 1.29 is 0 Å². The van der Waals surface area contributed by atoms with E-state index in [1.165, 1.54) is 11.8 Å². The first-order valence-corrected chi connectivity index (χ1v) is 19.4. The molecule has 0 spiro atoms. The predicted molar refractivity (Wildman–Crippen MR) is 131 cm³/mol. The fourth-order valence-electron chi connectivity index (χ4n) is 3.26. The molecule has 0 N–H and O–H groups in total. The molecule has 1 fully saturated rings. The van der Waals surface area contributed by atoms with Gasteiger partial charge in [-0.3, -0.25) is 0 Å². The van der Waals surface area contributed by atoms with Crippen LogP contribution in [0.5, 0.6) is 0 Å². The molecule has 0 aromatic heterocycles. The van der Waals surface area contributed by atoms with Crippen molar-refractivity contribution in [3.05, 3.63) is 0 Å². The molecule has 1 rings (SSSR count). The summed E-state index contributed by atoms with van der Waals surface area (Å²) in [6.07, 6.45) is -2.89. The first kappa shape index (κ1) is 24.5. The Labute approximate surface area is 167 Å². The molecule has 0 aromatic carbocycles. The highest BCUT2D eigenvalue weighted by Crippen LogP contribution is 3.09. The van der Waals surface area contributed by atoms with Crippen LogP contribution in [0.1, 0.15) is 83.1 Å². The highest BCUT2D eigenvalue weighted by Gasteiger charge is 2.65. The van der Waals surface area contributed by atoms with Gasteiger partial charge in [0.05, 0.1) is 37.3 Å². The maximum Gasteiger partial charge on any atom is 0.0957 e. The van der Waals surface area contributed by atoms with Gasteiger partial charge >= 0.3 is 0 Å². The summed E-state index contributed by atoms with van der Waals surface area (Å²) < 4.78 is 0. The lowest BCUT2D eigenvalue weighted by Crippen LogP contribution is -2.35. The van der Waals surface area contributed by atoms with E-state index in [9.17, 15) is 0 Å². The molecule has 1 aliphatic rings. The Morgan fingerprint density at radius 1 is 0.542 bits per heavy atom. The van der Waals surface area contributed by atoms with Crippen LogP contribution in [0.25, 0.3) is 0 Å². The molecule has 4 atom stereocenters. The van der Waals surface area contributed by atoms with E-state index in [2.05, 4.69) is 83.1 Å². The topological polar surface area (TPSA) is 0 Å². The highest BCUT2D eigenvalue weighted by molar-refractivity contribution is 8.83. The summed E-state index contributed by atoms with van der Waals surface area (Å²) in [5, 5.41) is 1.19. The van der Waals surface area contributed by atoms with E-state index in [0.717, 1.165) is 0 Å². The Balaban J connectivity index is 3.62. The predicted octanol–water partition coefficient (Wildman–Crippen LogP) is 8.86. The quantitative estimate of drug-likeness (QED) is 0.270. The fourth-order valence-corrected chi connectivity index (χ4v) is 54.1. The van der Waals surface area contributed by atoms with Gasteiger partial charge in [0.25, 0.3) is 0 Å². The Hall–Kier alpha value is 2.42. The molecule has 0 aromatic rings. The number of rotatable bonds is 0. The molecule has 0 aliphatic carbocycles. The Morgan fingerprint density at radius 3 is 0.875 bits per heavy atom. The molecule has 144 valence electrons. The van der Waals surface area contributed by atoms with E-state index in [-0.39, 0.29) is 25.5 Å². The summed E-state index contributed by atoms with van der Waals surface area (Å²) >= 11 is 13.3. The molecule has 1 saturated heterocycles. The van der Waals surface area contributed by atoms with Crippen LogP contribution in [-0.2, 0) is 24.5 Å². The van der Waals surface area contributed by atoms with Gasteiger partial charge in [-0.05, 0) is 41.5 Å². The van der Waals surface area contributed by atoms with Gasteiger partial charge in [0, 0.05) is 10.3 Å². The maximum absolute atomic E-state index is 6.66. The minimum atomic E-state index is -1.44. The Bertz CT molecular complexity index is 423. The van der Waals surface area contributed by atoms with Gasteiger partial charge in [-0.2, -0.15) is 0 Å². The smallest absolute Gasteiger partial charge is 0.0957 e.